The van der Waals surface area contributed by atoms with Crippen molar-refractivity contribution in [3.63, 3.8) is 0 Å². The van der Waals surface area contributed by atoms with E-state index in [2.05, 4.69) is 223 Å². The van der Waals surface area contributed by atoms with Crippen LogP contribution in [0.15, 0.2) is 154 Å². The van der Waals surface area contributed by atoms with E-state index in [4.69, 9.17) is 8.83 Å². The molecule has 0 atom stereocenters. The quantitative estimate of drug-likeness (QED) is 0.149. The van der Waals surface area contributed by atoms with E-state index in [0.717, 1.165) is 99.5 Å². The first-order valence-corrected chi connectivity index (χ1v) is 26.3. The van der Waals surface area contributed by atoms with Crippen molar-refractivity contribution < 1.29 is 8.83 Å². The molecule has 320 valence electrons. The van der Waals surface area contributed by atoms with E-state index in [1.165, 1.54) is 44.1 Å². The lowest BCUT2D eigenvalue weighted by Crippen LogP contribution is -2.37. The van der Waals surface area contributed by atoms with E-state index >= 15 is 0 Å². The Kier molecular flexibility index (Phi) is 9.39. The number of aryl methyl sites for hydroxylation is 5. The summed E-state index contributed by atoms with van der Waals surface area (Å²) in [6, 6.07) is 54.0. The molecule has 11 aromatic rings. The summed E-state index contributed by atoms with van der Waals surface area (Å²) in [6.07, 6.45) is 0. The third-order valence-corrected chi connectivity index (χ3v) is 16.2. The molecule has 0 bridgehead atoms. The van der Waals surface area contributed by atoms with Crippen molar-refractivity contribution in [2.24, 2.45) is 0 Å². The molecule has 9 aromatic carbocycles. The number of hydrogen-bond donors (Lipinski definition) is 0. The molecule has 65 heavy (non-hydrogen) atoms. The smallest absolute Gasteiger partial charge is 0.143 e. The van der Waals surface area contributed by atoms with E-state index in [9.17, 15) is 0 Å². The van der Waals surface area contributed by atoms with Crippen molar-refractivity contribution in [3.8, 4) is 0 Å². The summed E-state index contributed by atoms with van der Waals surface area (Å²) in [6.45, 7) is 22.6. The summed E-state index contributed by atoms with van der Waals surface area (Å²) in [5.41, 5.74) is 19.4. The van der Waals surface area contributed by atoms with Gasteiger partial charge in [-0.15, -0.1) is 0 Å². The van der Waals surface area contributed by atoms with Crippen molar-refractivity contribution in [3.05, 3.63) is 185 Å². The molecule has 5 heteroatoms. The number of benzene rings is 9. The highest BCUT2D eigenvalue weighted by molar-refractivity contribution is 6.88. The van der Waals surface area contributed by atoms with Crippen LogP contribution in [-0.4, -0.2) is 8.07 Å². The molecular formula is C60H54N2O2Si. The van der Waals surface area contributed by atoms with E-state index < -0.39 is 8.07 Å². The molecule has 0 spiro atoms. The second-order valence-corrected chi connectivity index (χ2v) is 24.5. The van der Waals surface area contributed by atoms with Crippen LogP contribution in [0.2, 0.25) is 19.6 Å². The first-order valence-electron chi connectivity index (χ1n) is 22.8. The van der Waals surface area contributed by atoms with Gasteiger partial charge in [0.25, 0.3) is 0 Å². The molecule has 4 nitrogen and oxygen atoms in total. The second-order valence-electron chi connectivity index (χ2n) is 19.5. The first-order chi connectivity index (χ1) is 31.2. The van der Waals surface area contributed by atoms with Gasteiger partial charge in [0, 0.05) is 66.4 Å². The summed E-state index contributed by atoms with van der Waals surface area (Å²) >= 11 is 0. The molecule has 2 aromatic heterocycles. The van der Waals surface area contributed by atoms with E-state index in [1.807, 2.05) is 0 Å². The third-order valence-electron chi connectivity index (χ3n) is 14.1. The van der Waals surface area contributed by atoms with E-state index in [-0.39, 0.29) is 0 Å². The van der Waals surface area contributed by atoms with Crippen molar-refractivity contribution in [1.82, 2.24) is 0 Å². The molecule has 0 aliphatic rings. The van der Waals surface area contributed by atoms with Gasteiger partial charge in [0.1, 0.15) is 22.3 Å². The molecule has 0 saturated carbocycles. The first kappa shape index (κ1) is 40.7. The van der Waals surface area contributed by atoms with Gasteiger partial charge < -0.3 is 18.6 Å². The number of fused-ring (bicyclic) bond motifs is 10. The van der Waals surface area contributed by atoms with Crippen molar-refractivity contribution in [2.45, 2.75) is 68.1 Å². The Morgan fingerprint density at radius 1 is 0.338 bits per heavy atom. The zero-order chi connectivity index (χ0) is 45.1. The highest BCUT2D eigenvalue weighted by Crippen LogP contribution is 2.44. The minimum Gasteiger partial charge on any atom is -0.455 e. The van der Waals surface area contributed by atoms with Crippen LogP contribution < -0.4 is 15.0 Å². The van der Waals surface area contributed by atoms with Crippen LogP contribution in [0.4, 0.5) is 34.1 Å². The average Bonchev–Trinajstić information content (AvgIpc) is 3.84. The Bertz CT molecular complexity index is 3670. The predicted molar refractivity (Wildman–Crippen MR) is 282 cm³/mol. The van der Waals surface area contributed by atoms with Crippen molar-refractivity contribution in [1.29, 1.82) is 0 Å². The fourth-order valence-corrected chi connectivity index (χ4v) is 11.0. The summed E-state index contributed by atoms with van der Waals surface area (Å²) in [4.78, 5) is 4.75. The Balaban J connectivity index is 0.998. The Hall–Kier alpha value is -7.08. The normalized spacial score (nSPS) is 12.2. The van der Waals surface area contributed by atoms with E-state index in [1.54, 1.807) is 0 Å². The topological polar surface area (TPSA) is 32.8 Å². The van der Waals surface area contributed by atoms with Gasteiger partial charge in [-0.25, -0.2) is 0 Å². The number of anilines is 6. The molecule has 0 amide bonds. The van der Waals surface area contributed by atoms with Gasteiger partial charge in [0.15, 0.2) is 0 Å². The minimum atomic E-state index is -1.46. The van der Waals surface area contributed by atoms with Crippen LogP contribution in [0.3, 0.4) is 0 Å². The van der Waals surface area contributed by atoms with Crippen LogP contribution in [0, 0.1) is 48.5 Å². The summed E-state index contributed by atoms with van der Waals surface area (Å²) in [5.74, 6) is 0. The molecular weight excluding hydrogens is 809 g/mol. The minimum absolute atomic E-state index is 0.855. The maximum atomic E-state index is 6.84. The molecule has 2 heterocycles. The zero-order valence-corrected chi connectivity index (χ0v) is 40.1. The molecule has 0 aliphatic carbocycles. The van der Waals surface area contributed by atoms with Gasteiger partial charge in [-0.05, 0) is 202 Å². The van der Waals surface area contributed by atoms with Crippen LogP contribution in [0.5, 0.6) is 0 Å². The number of rotatable bonds is 7. The monoisotopic (exact) mass is 862 g/mol. The molecule has 0 radical (unpaired) electrons. The molecule has 0 unspecified atom stereocenters. The van der Waals surface area contributed by atoms with Gasteiger partial charge >= 0.3 is 0 Å². The SMILES string of the molecule is Cc1ccc(N(c2cc(C)c(C)c(C)c2)c2ccc3c(ccc4c5cc6oc7c8ccc(N(c9ccc([Si](C)(C)C)cc9)c9cc(C)c(C)c(C)c9)cc8ccc7c6cc5oc34)c2)cc1. The predicted octanol–water partition coefficient (Wildman–Crippen LogP) is 17.4. The molecule has 0 saturated heterocycles. The number of nitrogens with zero attached hydrogens (tertiary/aromatic N) is 2. The maximum absolute atomic E-state index is 6.84. The largest absolute Gasteiger partial charge is 0.455 e. The summed E-state index contributed by atoms with van der Waals surface area (Å²) in [5, 5.41) is 10.2. The third kappa shape index (κ3) is 6.80. The van der Waals surface area contributed by atoms with Crippen molar-refractivity contribution >= 4 is 113 Å². The van der Waals surface area contributed by atoms with Gasteiger partial charge in [0.2, 0.25) is 0 Å². The van der Waals surface area contributed by atoms with Crippen LogP contribution >= 0.6 is 0 Å². The highest BCUT2D eigenvalue weighted by Gasteiger charge is 2.22. The highest BCUT2D eigenvalue weighted by atomic mass is 28.3. The standard InChI is InChI=1S/C60H54N2O2Si/c1-35-11-15-44(16-12-35)61(48-27-36(2)40(6)37(3)28-48)46-19-25-51-42(31-46)13-23-53-55-33-58-56(34-57(55)63-59(51)53)54-24-14-43-32-47(20-26-52(43)60(54)64-58)62(49-29-38(4)41(7)39(5)30-49)45-17-21-50(22-18-45)65(8,9)10/h11-34H,1-10H3. The van der Waals surface area contributed by atoms with Crippen LogP contribution in [-0.2, 0) is 0 Å². The summed E-state index contributed by atoms with van der Waals surface area (Å²) in [7, 11) is -1.46. The summed E-state index contributed by atoms with van der Waals surface area (Å²) < 4.78 is 13.7. The van der Waals surface area contributed by atoms with E-state index in [0.29, 0.717) is 0 Å². The van der Waals surface area contributed by atoms with Gasteiger partial charge in [-0.3, -0.25) is 0 Å². The number of furan rings is 2. The Morgan fingerprint density at radius 3 is 1.11 bits per heavy atom. The lowest BCUT2D eigenvalue weighted by molar-refractivity contribution is 0.667. The van der Waals surface area contributed by atoms with Crippen molar-refractivity contribution in [2.75, 3.05) is 9.80 Å². The molecule has 0 fully saturated rings. The van der Waals surface area contributed by atoms with Gasteiger partial charge in [0.05, 0.1) is 8.07 Å². The fraction of sp³-hybridized carbons (Fsp3) is 0.167. The maximum Gasteiger partial charge on any atom is 0.143 e. The molecule has 11 rings (SSSR count). The van der Waals surface area contributed by atoms with Gasteiger partial charge in [-0.1, -0.05) is 66.8 Å². The Labute approximate surface area is 382 Å². The molecule has 0 N–H and O–H groups in total. The average molecular weight is 863 g/mol. The fourth-order valence-electron chi connectivity index (χ4n) is 9.85. The number of hydrogen-bond acceptors (Lipinski definition) is 4. The van der Waals surface area contributed by atoms with Gasteiger partial charge in [-0.2, -0.15) is 0 Å². The van der Waals surface area contributed by atoms with Crippen LogP contribution in [0.1, 0.15) is 38.9 Å². The molecule has 0 aliphatic heterocycles. The lowest BCUT2D eigenvalue weighted by atomic mass is 10.0. The lowest BCUT2D eigenvalue weighted by Gasteiger charge is -2.28. The Morgan fingerprint density at radius 2 is 0.708 bits per heavy atom. The second kappa shape index (κ2) is 15.0. The zero-order valence-electron chi connectivity index (χ0n) is 39.1. The van der Waals surface area contributed by atoms with Crippen LogP contribution in [0.25, 0.3) is 65.4 Å².